The first kappa shape index (κ1) is 12.0. The number of aliphatic hydroxyl groups excluding tert-OH is 1. The second kappa shape index (κ2) is 4.58. The smallest absolute Gasteiger partial charge is 0.124 e. The molecule has 0 aliphatic heterocycles. The maximum absolute atomic E-state index is 10.6. The van der Waals surface area contributed by atoms with Crippen molar-refractivity contribution in [2.24, 2.45) is 17.8 Å². The first-order chi connectivity index (χ1) is 8.72. The molecule has 0 spiro atoms. The fourth-order valence-corrected chi connectivity index (χ4v) is 3.81. The van der Waals surface area contributed by atoms with Crippen molar-refractivity contribution >= 4 is 0 Å². The number of hydrogen-bond donors (Lipinski definition) is 1. The molecule has 98 valence electrons. The van der Waals surface area contributed by atoms with E-state index in [1.54, 1.807) is 7.11 Å². The van der Waals surface area contributed by atoms with E-state index in [-0.39, 0.29) is 6.10 Å². The van der Waals surface area contributed by atoms with Crippen LogP contribution in [-0.4, -0.2) is 12.2 Å². The van der Waals surface area contributed by atoms with Crippen LogP contribution in [-0.2, 0) is 0 Å². The summed E-state index contributed by atoms with van der Waals surface area (Å²) in [5.41, 5.74) is 2.17. The van der Waals surface area contributed by atoms with E-state index in [2.05, 4.69) is 13.0 Å². The van der Waals surface area contributed by atoms with Crippen molar-refractivity contribution in [1.82, 2.24) is 0 Å². The van der Waals surface area contributed by atoms with Crippen LogP contribution in [0.5, 0.6) is 5.75 Å². The number of rotatable bonds is 3. The van der Waals surface area contributed by atoms with E-state index < -0.39 is 0 Å². The van der Waals surface area contributed by atoms with Crippen molar-refractivity contribution in [3.05, 3.63) is 29.3 Å². The highest BCUT2D eigenvalue weighted by Crippen LogP contribution is 2.60. The van der Waals surface area contributed by atoms with E-state index in [0.29, 0.717) is 5.92 Å². The lowest BCUT2D eigenvalue weighted by Gasteiger charge is -2.15. The summed E-state index contributed by atoms with van der Waals surface area (Å²) in [6, 6.07) is 6.09. The van der Waals surface area contributed by atoms with E-state index in [9.17, 15) is 5.11 Å². The Balaban J connectivity index is 1.84. The van der Waals surface area contributed by atoms with Crippen LogP contribution in [0.3, 0.4) is 0 Å². The molecule has 0 saturated heterocycles. The van der Waals surface area contributed by atoms with Gasteiger partial charge in [-0.3, -0.25) is 0 Å². The van der Waals surface area contributed by atoms with Crippen molar-refractivity contribution in [3.63, 3.8) is 0 Å². The Hall–Kier alpha value is -1.02. The lowest BCUT2D eigenvalue weighted by atomic mass is 10.00. The van der Waals surface area contributed by atoms with Crippen molar-refractivity contribution in [2.45, 2.75) is 38.7 Å². The predicted octanol–water partition coefficient (Wildman–Crippen LogP) is 3.47. The van der Waals surface area contributed by atoms with E-state index in [1.807, 2.05) is 12.1 Å². The van der Waals surface area contributed by atoms with Crippen LogP contribution in [0.1, 0.15) is 42.9 Å². The molecule has 2 heteroatoms. The summed E-state index contributed by atoms with van der Waals surface area (Å²) >= 11 is 0. The van der Waals surface area contributed by atoms with Crippen LogP contribution in [0.25, 0.3) is 0 Å². The maximum Gasteiger partial charge on any atom is 0.124 e. The van der Waals surface area contributed by atoms with Gasteiger partial charge in [-0.05, 0) is 49.7 Å². The fraction of sp³-hybridized carbons (Fsp3) is 0.625. The summed E-state index contributed by atoms with van der Waals surface area (Å²) in [5, 5.41) is 10.6. The van der Waals surface area contributed by atoms with Crippen LogP contribution < -0.4 is 4.74 Å². The molecule has 0 bridgehead atoms. The first-order valence-electron chi connectivity index (χ1n) is 7.05. The summed E-state index contributed by atoms with van der Waals surface area (Å²) in [5.74, 6) is 2.83. The average molecular weight is 246 g/mol. The lowest BCUT2D eigenvalue weighted by molar-refractivity contribution is 0.138. The Bertz CT molecular complexity index is 429. The van der Waals surface area contributed by atoms with Gasteiger partial charge in [-0.2, -0.15) is 0 Å². The highest BCUT2D eigenvalue weighted by molar-refractivity contribution is 5.39. The number of hydrogen-bond acceptors (Lipinski definition) is 2. The van der Waals surface area contributed by atoms with Gasteiger partial charge in [0.15, 0.2) is 0 Å². The Morgan fingerprint density at radius 3 is 2.50 bits per heavy atom. The van der Waals surface area contributed by atoms with Crippen LogP contribution in [0.2, 0.25) is 0 Å². The van der Waals surface area contributed by atoms with Gasteiger partial charge in [0.2, 0.25) is 0 Å². The van der Waals surface area contributed by atoms with Gasteiger partial charge in [0.1, 0.15) is 5.75 Å². The first-order valence-corrected chi connectivity index (χ1v) is 7.05. The zero-order chi connectivity index (χ0) is 12.7. The monoisotopic (exact) mass is 246 g/mol. The second-order valence-electron chi connectivity index (χ2n) is 5.88. The molecule has 3 rings (SSSR count). The molecule has 3 atom stereocenters. The molecule has 2 fully saturated rings. The minimum absolute atomic E-state index is 0.340. The standard InChI is InChI=1S/C16H22O2/c1-10-7-8-14(18-2)13(9-10)16(17)15-11-5-3-4-6-12(11)15/h7-9,11-12,15-17H,3-6H2,1-2H3. The summed E-state index contributed by atoms with van der Waals surface area (Å²) in [6.07, 6.45) is 4.96. The molecule has 0 radical (unpaired) electrons. The predicted molar refractivity (Wildman–Crippen MR) is 71.6 cm³/mol. The molecular formula is C16H22O2. The summed E-state index contributed by atoms with van der Waals surface area (Å²) in [7, 11) is 1.68. The van der Waals surface area contributed by atoms with E-state index >= 15 is 0 Å². The van der Waals surface area contributed by atoms with Crippen LogP contribution in [0.15, 0.2) is 18.2 Å². The third-order valence-corrected chi connectivity index (χ3v) is 4.79. The minimum atomic E-state index is -0.340. The number of ether oxygens (including phenoxy) is 1. The fourth-order valence-electron chi connectivity index (χ4n) is 3.81. The number of benzene rings is 1. The number of aliphatic hydroxyl groups is 1. The molecule has 2 saturated carbocycles. The van der Waals surface area contributed by atoms with Gasteiger partial charge in [-0.25, -0.2) is 0 Å². The van der Waals surface area contributed by atoms with Gasteiger partial charge < -0.3 is 9.84 Å². The summed E-state index contributed by atoms with van der Waals surface area (Å²) < 4.78 is 5.39. The topological polar surface area (TPSA) is 29.5 Å². The summed E-state index contributed by atoms with van der Waals surface area (Å²) in [4.78, 5) is 0. The highest BCUT2D eigenvalue weighted by atomic mass is 16.5. The molecule has 1 N–H and O–H groups in total. The van der Waals surface area contributed by atoms with E-state index in [4.69, 9.17) is 4.74 Å². The van der Waals surface area contributed by atoms with Crippen LogP contribution in [0.4, 0.5) is 0 Å². The van der Waals surface area contributed by atoms with E-state index in [1.165, 1.54) is 31.2 Å². The van der Waals surface area contributed by atoms with Crippen molar-refractivity contribution in [3.8, 4) is 5.75 Å². The number of methoxy groups -OCH3 is 1. The summed E-state index contributed by atoms with van der Waals surface area (Å²) in [6.45, 7) is 2.07. The van der Waals surface area contributed by atoms with Crippen molar-refractivity contribution in [1.29, 1.82) is 0 Å². The largest absolute Gasteiger partial charge is 0.496 e. The molecule has 0 aromatic heterocycles. The minimum Gasteiger partial charge on any atom is -0.496 e. The van der Waals surface area contributed by atoms with Gasteiger partial charge in [0, 0.05) is 5.56 Å². The quantitative estimate of drug-likeness (QED) is 0.885. The SMILES string of the molecule is COc1ccc(C)cc1C(O)C1C2CCCCC21. The number of aryl methyl sites for hydroxylation is 1. The Labute approximate surface area is 109 Å². The second-order valence-corrected chi connectivity index (χ2v) is 5.88. The highest BCUT2D eigenvalue weighted by Gasteiger charge is 2.54. The van der Waals surface area contributed by atoms with Gasteiger partial charge in [-0.15, -0.1) is 0 Å². The zero-order valence-corrected chi connectivity index (χ0v) is 11.2. The zero-order valence-electron chi connectivity index (χ0n) is 11.2. The maximum atomic E-state index is 10.6. The Morgan fingerprint density at radius 1 is 1.22 bits per heavy atom. The Kier molecular flexibility index (Phi) is 3.06. The molecule has 0 amide bonds. The third-order valence-electron chi connectivity index (χ3n) is 4.79. The molecule has 1 aromatic carbocycles. The van der Waals surface area contributed by atoms with Crippen LogP contribution in [0, 0.1) is 24.7 Å². The Morgan fingerprint density at radius 2 is 1.89 bits per heavy atom. The van der Waals surface area contributed by atoms with Crippen molar-refractivity contribution < 1.29 is 9.84 Å². The molecule has 1 aromatic rings. The molecule has 2 nitrogen and oxygen atoms in total. The van der Waals surface area contributed by atoms with Crippen LogP contribution >= 0.6 is 0 Å². The van der Waals surface area contributed by atoms with Gasteiger partial charge in [0.25, 0.3) is 0 Å². The normalized spacial score (nSPS) is 31.6. The van der Waals surface area contributed by atoms with Gasteiger partial charge in [-0.1, -0.05) is 24.5 Å². The average Bonchev–Trinajstić information content (AvgIpc) is 3.12. The number of fused-ring (bicyclic) bond motifs is 1. The molecule has 3 unspecified atom stereocenters. The van der Waals surface area contributed by atoms with Gasteiger partial charge in [0.05, 0.1) is 13.2 Å². The molecular weight excluding hydrogens is 224 g/mol. The molecule has 0 heterocycles. The molecule has 2 aliphatic carbocycles. The third kappa shape index (κ3) is 1.93. The van der Waals surface area contributed by atoms with Crippen molar-refractivity contribution in [2.75, 3.05) is 7.11 Å². The lowest BCUT2D eigenvalue weighted by Crippen LogP contribution is -2.05. The van der Waals surface area contributed by atoms with E-state index in [0.717, 1.165) is 23.1 Å². The van der Waals surface area contributed by atoms with Gasteiger partial charge >= 0.3 is 0 Å². The molecule has 2 aliphatic rings. The molecule has 18 heavy (non-hydrogen) atoms.